The van der Waals surface area contributed by atoms with Crippen LogP contribution in [0.15, 0.2) is 0 Å². The summed E-state index contributed by atoms with van der Waals surface area (Å²) in [5.41, 5.74) is 0.0220. The lowest BCUT2D eigenvalue weighted by Gasteiger charge is -2.41. The van der Waals surface area contributed by atoms with Crippen molar-refractivity contribution in [1.29, 1.82) is 0 Å². The van der Waals surface area contributed by atoms with Crippen molar-refractivity contribution in [3.8, 4) is 0 Å². The maximum Gasteiger partial charge on any atom is 0.0757 e. The zero-order valence-electron chi connectivity index (χ0n) is 11.0. The summed E-state index contributed by atoms with van der Waals surface area (Å²) < 4.78 is 5.90. The number of nitrogens with one attached hydrogen (secondary N) is 1. The van der Waals surface area contributed by atoms with Crippen LogP contribution < -0.4 is 5.32 Å². The highest BCUT2D eigenvalue weighted by molar-refractivity contribution is 4.83. The number of rotatable bonds is 5. The quantitative estimate of drug-likeness (QED) is 0.719. The molecule has 0 aromatic rings. The molecule has 0 aromatic carbocycles. The molecule has 2 aliphatic rings. The van der Waals surface area contributed by atoms with Crippen molar-refractivity contribution in [3.63, 3.8) is 0 Å². The van der Waals surface area contributed by atoms with E-state index >= 15 is 0 Å². The zero-order chi connectivity index (χ0) is 11.6. The smallest absolute Gasteiger partial charge is 0.0757 e. The van der Waals surface area contributed by atoms with Gasteiger partial charge in [-0.2, -0.15) is 0 Å². The van der Waals surface area contributed by atoms with Gasteiger partial charge in [-0.15, -0.1) is 0 Å². The van der Waals surface area contributed by atoms with Gasteiger partial charge in [0.15, 0.2) is 0 Å². The first-order chi connectivity index (χ1) is 7.55. The summed E-state index contributed by atoms with van der Waals surface area (Å²) in [5, 5.41) is 3.55. The molecule has 1 atom stereocenters. The minimum atomic E-state index is 0.0220. The average molecular weight is 226 g/mol. The first kappa shape index (κ1) is 12.3. The van der Waals surface area contributed by atoms with Gasteiger partial charge in [0.1, 0.15) is 0 Å². The molecule has 1 saturated carbocycles. The van der Waals surface area contributed by atoms with Gasteiger partial charge >= 0.3 is 0 Å². The number of ether oxygens (including phenoxy) is 1. The summed E-state index contributed by atoms with van der Waals surface area (Å²) in [6.07, 6.45) is 3.25. The predicted octanol–water partition coefficient (Wildman–Crippen LogP) is 1.49. The Morgan fingerprint density at radius 2 is 2.12 bits per heavy atom. The van der Waals surface area contributed by atoms with Crippen LogP contribution in [0.25, 0.3) is 0 Å². The highest BCUT2D eigenvalue weighted by atomic mass is 16.5. The monoisotopic (exact) mass is 226 g/mol. The van der Waals surface area contributed by atoms with Gasteiger partial charge in [-0.05, 0) is 46.1 Å². The molecule has 2 rings (SSSR count). The van der Waals surface area contributed by atoms with Crippen LogP contribution in [0.4, 0.5) is 0 Å². The second kappa shape index (κ2) is 5.03. The summed E-state index contributed by atoms with van der Waals surface area (Å²) >= 11 is 0. The molecular weight excluding hydrogens is 200 g/mol. The number of morpholine rings is 1. The maximum atomic E-state index is 5.90. The van der Waals surface area contributed by atoms with E-state index in [1.807, 2.05) is 0 Å². The lowest BCUT2D eigenvalue weighted by Crippen LogP contribution is -2.53. The standard InChI is InChI=1S/C13H26N2O/c1-11-9-15(10-13(2,3)16-11)7-6-14-8-12-4-5-12/h11-12,14H,4-10H2,1-3H3. The van der Waals surface area contributed by atoms with Gasteiger partial charge in [-0.3, -0.25) is 4.90 Å². The Bertz CT molecular complexity index is 226. The Kier molecular flexibility index (Phi) is 3.88. The van der Waals surface area contributed by atoms with Gasteiger partial charge in [0.2, 0.25) is 0 Å². The van der Waals surface area contributed by atoms with Crippen LogP contribution in [-0.4, -0.2) is 49.3 Å². The Balaban J connectivity index is 1.63. The topological polar surface area (TPSA) is 24.5 Å². The Labute approximate surface area is 99.5 Å². The first-order valence-corrected chi connectivity index (χ1v) is 6.66. The third-order valence-electron chi connectivity index (χ3n) is 3.37. The highest BCUT2D eigenvalue weighted by Gasteiger charge is 2.30. The van der Waals surface area contributed by atoms with Crippen LogP contribution >= 0.6 is 0 Å². The summed E-state index contributed by atoms with van der Waals surface area (Å²) in [4.78, 5) is 2.52. The molecule has 1 N–H and O–H groups in total. The van der Waals surface area contributed by atoms with E-state index in [0.717, 1.165) is 32.1 Å². The maximum absolute atomic E-state index is 5.90. The molecule has 2 fully saturated rings. The third kappa shape index (κ3) is 4.04. The number of nitrogens with zero attached hydrogens (tertiary/aromatic N) is 1. The van der Waals surface area contributed by atoms with Crippen LogP contribution in [-0.2, 0) is 4.74 Å². The molecule has 1 heterocycles. The van der Waals surface area contributed by atoms with E-state index in [1.165, 1.54) is 19.4 Å². The lowest BCUT2D eigenvalue weighted by atomic mass is 10.1. The van der Waals surface area contributed by atoms with Crippen molar-refractivity contribution in [1.82, 2.24) is 10.2 Å². The Hall–Kier alpha value is -0.120. The molecule has 1 unspecified atom stereocenters. The van der Waals surface area contributed by atoms with Crippen molar-refractivity contribution in [2.75, 3.05) is 32.7 Å². The van der Waals surface area contributed by atoms with Gasteiger partial charge in [-0.25, -0.2) is 0 Å². The molecule has 0 spiro atoms. The van der Waals surface area contributed by atoms with E-state index in [4.69, 9.17) is 4.74 Å². The molecule has 0 bridgehead atoms. The Morgan fingerprint density at radius 1 is 1.38 bits per heavy atom. The first-order valence-electron chi connectivity index (χ1n) is 6.66. The van der Waals surface area contributed by atoms with Crippen molar-refractivity contribution in [2.24, 2.45) is 5.92 Å². The average Bonchev–Trinajstić information content (AvgIpc) is 2.92. The number of hydrogen-bond donors (Lipinski definition) is 1. The molecule has 1 saturated heterocycles. The lowest BCUT2D eigenvalue weighted by molar-refractivity contribution is -0.128. The summed E-state index contributed by atoms with van der Waals surface area (Å²) in [6, 6.07) is 0. The molecule has 16 heavy (non-hydrogen) atoms. The van der Waals surface area contributed by atoms with Gasteiger partial charge < -0.3 is 10.1 Å². The van der Waals surface area contributed by atoms with Crippen LogP contribution in [0, 0.1) is 5.92 Å². The van der Waals surface area contributed by atoms with Crippen LogP contribution in [0.3, 0.4) is 0 Å². The fourth-order valence-corrected chi connectivity index (χ4v) is 2.62. The van der Waals surface area contributed by atoms with E-state index in [1.54, 1.807) is 0 Å². The Morgan fingerprint density at radius 3 is 2.75 bits per heavy atom. The van der Waals surface area contributed by atoms with Crippen LogP contribution in [0.2, 0.25) is 0 Å². The normalized spacial score (nSPS) is 30.6. The minimum absolute atomic E-state index is 0.0220. The van der Waals surface area contributed by atoms with Crippen molar-refractivity contribution >= 4 is 0 Å². The van der Waals surface area contributed by atoms with Crippen LogP contribution in [0.1, 0.15) is 33.6 Å². The van der Waals surface area contributed by atoms with Crippen molar-refractivity contribution in [3.05, 3.63) is 0 Å². The second-order valence-electron chi connectivity index (χ2n) is 6.07. The van der Waals surface area contributed by atoms with Gasteiger partial charge in [-0.1, -0.05) is 0 Å². The molecular formula is C13H26N2O. The number of hydrogen-bond acceptors (Lipinski definition) is 3. The van der Waals surface area contributed by atoms with E-state index in [2.05, 4.69) is 31.0 Å². The molecule has 1 aliphatic heterocycles. The fourth-order valence-electron chi connectivity index (χ4n) is 2.62. The summed E-state index contributed by atoms with van der Waals surface area (Å²) in [7, 11) is 0. The fraction of sp³-hybridized carbons (Fsp3) is 1.00. The predicted molar refractivity (Wildman–Crippen MR) is 66.7 cm³/mol. The van der Waals surface area contributed by atoms with Crippen molar-refractivity contribution in [2.45, 2.75) is 45.3 Å². The minimum Gasteiger partial charge on any atom is -0.370 e. The SMILES string of the molecule is CC1CN(CCNCC2CC2)CC(C)(C)O1. The summed E-state index contributed by atoms with van der Waals surface area (Å²) in [5.74, 6) is 0.986. The van der Waals surface area contributed by atoms with Gasteiger partial charge in [0.05, 0.1) is 11.7 Å². The van der Waals surface area contributed by atoms with E-state index < -0.39 is 0 Å². The molecule has 0 radical (unpaired) electrons. The zero-order valence-corrected chi connectivity index (χ0v) is 11.0. The molecule has 3 heteroatoms. The molecule has 94 valence electrons. The van der Waals surface area contributed by atoms with E-state index in [9.17, 15) is 0 Å². The molecule has 1 aliphatic carbocycles. The van der Waals surface area contributed by atoms with Gasteiger partial charge in [0, 0.05) is 26.2 Å². The largest absolute Gasteiger partial charge is 0.370 e. The molecule has 0 aromatic heterocycles. The third-order valence-corrected chi connectivity index (χ3v) is 3.37. The molecule has 3 nitrogen and oxygen atoms in total. The van der Waals surface area contributed by atoms with Crippen molar-refractivity contribution < 1.29 is 4.74 Å². The second-order valence-corrected chi connectivity index (χ2v) is 6.07. The highest BCUT2D eigenvalue weighted by Crippen LogP contribution is 2.27. The van der Waals surface area contributed by atoms with E-state index in [0.29, 0.717) is 6.10 Å². The van der Waals surface area contributed by atoms with E-state index in [-0.39, 0.29) is 5.60 Å². The van der Waals surface area contributed by atoms with Crippen LogP contribution in [0.5, 0.6) is 0 Å². The van der Waals surface area contributed by atoms with Gasteiger partial charge in [0.25, 0.3) is 0 Å². The molecule has 0 amide bonds. The summed E-state index contributed by atoms with van der Waals surface area (Å²) in [6.45, 7) is 12.2.